The molecule has 118 valence electrons. The summed E-state index contributed by atoms with van der Waals surface area (Å²) in [6, 6.07) is 16.4. The van der Waals surface area contributed by atoms with Crippen LogP contribution in [0.5, 0.6) is 5.75 Å². The summed E-state index contributed by atoms with van der Waals surface area (Å²) in [6.45, 7) is 1.82. The molecular formula is C19H19NO3. The van der Waals surface area contributed by atoms with E-state index in [4.69, 9.17) is 4.74 Å². The summed E-state index contributed by atoms with van der Waals surface area (Å²) in [5.41, 5.74) is 3.38. The zero-order valence-corrected chi connectivity index (χ0v) is 12.8. The van der Waals surface area contributed by atoms with Gasteiger partial charge >= 0.3 is 6.09 Å². The zero-order chi connectivity index (χ0) is 15.8. The van der Waals surface area contributed by atoms with Crippen molar-refractivity contribution in [2.75, 3.05) is 19.7 Å². The Kier molecular flexibility index (Phi) is 3.45. The lowest BCUT2D eigenvalue weighted by molar-refractivity contribution is 0.152. The van der Waals surface area contributed by atoms with Crippen molar-refractivity contribution in [3.05, 3.63) is 54.1 Å². The summed E-state index contributed by atoms with van der Waals surface area (Å²) in [4.78, 5) is 12.9. The van der Waals surface area contributed by atoms with Gasteiger partial charge in [-0.2, -0.15) is 0 Å². The molecule has 2 aliphatic rings. The second-order valence-corrected chi connectivity index (χ2v) is 6.28. The molecule has 2 heterocycles. The first-order valence-corrected chi connectivity index (χ1v) is 8.03. The fraction of sp³-hybridized carbons (Fsp3) is 0.316. The second kappa shape index (κ2) is 5.61. The number of para-hydroxylation sites is 1. The number of fused-ring (bicyclic) bond motifs is 3. The number of nitrogens with zero attached hydrogens (tertiary/aromatic N) is 1. The van der Waals surface area contributed by atoms with E-state index in [0.29, 0.717) is 25.6 Å². The third kappa shape index (κ3) is 2.44. The van der Waals surface area contributed by atoms with Crippen LogP contribution in [0.15, 0.2) is 48.5 Å². The molecule has 2 aromatic carbocycles. The molecule has 0 aromatic heterocycles. The largest absolute Gasteiger partial charge is 0.493 e. The van der Waals surface area contributed by atoms with Crippen molar-refractivity contribution < 1.29 is 14.6 Å². The molecule has 0 unspecified atom stereocenters. The van der Waals surface area contributed by atoms with E-state index < -0.39 is 6.09 Å². The number of amides is 1. The Morgan fingerprint density at radius 1 is 1.09 bits per heavy atom. The van der Waals surface area contributed by atoms with Crippen LogP contribution in [0.25, 0.3) is 11.1 Å². The molecule has 1 amide bonds. The Labute approximate surface area is 135 Å². The van der Waals surface area contributed by atoms with Gasteiger partial charge in [0.2, 0.25) is 0 Å². The topological polar surface area (TPSA) is 49.8 Å². The molecule has 1 fully saturated rings. The maximum atomic E-state index is 11.3. The normalized spacial score (nSPS) is 22.7. The lowest BCUT2D eigenvalue weighted by Crippen LogP contribution is -2.27. The van der Waals surface area contributed by atoms with Gasteiger partial charge in [0, 0.05) is 24.6 Å². The number of benzene rings is 2. The van der Waals surface area contributed by atoms with E-state index in [1.807, 2.05) is 18.2 Å². The van der Waals surface area contributed by atoms with Crippen molar-refractivity contribution >= 4 is 6.09 Å². The summed E-state index contributed by atoms with van der Waals surface area (Å²) in [5.74, 6) is 1.50. The minimum atomic E-state index is -0.820. The lowest BCUT2D eigenvalue weighted by atomic mass is 9.86. The smallest absolute Gasteiger partial charge is 0.407 e. The van der Waals surface area contributed by atoms with Gasteiger partial charge in [-0.05, 0) is 23.5 Å². The van der Waals surface area contributed by atoms with Gasteiger partial charge in [-0.15, -0.1) is 0 Å². The van der Waals surface area contributed by atoms with Crippen molar-refractivity contribution in [3.8, 4) is 16.9 Å². The van der Waals surface area contributed by atoms with Crippen molar-refractivity contribution in [3.63, 3.8) is 0 Å². The average Bonchev–Trinajstić information content (AvgIpc) is 2.92. The second-order valence-electron chi connectivity index (χ2n) is 6.28. The first kappa shape index (κ1) is 14.1. The summed E-state index contributed by atoms with van der Waals surface area (Å²) in [5, 5.41) is 9.31. The van der Waals surface area contributed by atoms with Crippen LogP contribution in [0.4, 0.5) is 4.79 Å². The number of hydrogen-bond donors (Lipinski definition) is 1. The summed E-state index contributed by atoms with van der Waals surface area (Å²) < 4.78 is 6.10. The maximum Gasteiger partial charge on any atom is 0.407 e. The van der Waals surface area contributed by atoms with Gasteiger partial charge in [-0.1, -0.05) is 48.5 Å². The summed E-state index contributed by atoms with van der Waals surface area (Å²) in [6.07, 6.45) is 0.0805. The van der Waals surface area contributed by atoms with E-state index in [0.717, 1.165) is 28.9 Å². The number of carbonyl (C=O) groups is 1. The van der Waals surface area contributed by atoms with Gasteiger partial charge in [-0.25, -0.2) is 4.79 Å². The van der Waals surface area contributed by atoms with Crippen LogP contribution in [0.1, 0.15) is 17.9 Å². The number of carboxylic acid groups (broad SMARTS) is 1. The standard InChI is InChI=1S/C19H19NO3/c21-19(22)20-11-14-9-10-23-18-15(13-5-2-1-3-6-13)7-4-8-16(18)17(14)12-20/h1-8,14,17H,9-12H2,(H,21,22)/t14-,17-/m1/s1. The summed E-state index contributed by atoms with van der Waals surface area (Å²) >= 11 is 0. The van der Waals surface area contributed by atoms with E-state index in [9.17, 15) is 9.90 Å². The van der Waals surface area contributed by atoms with Crippen LogP contribution in [-0.4, -0.2) is 35.8 Å². The molecule has 0 spiro atoms. The predicted molar refractivity (Wildman–Crippen MR) is 87.8 cm³/mol. The highest BCUT2D eigenvalue weighted by Gasteiger charge is 2.39. The summed E-state index contributed by atoms with van der Waals surface area (Å²) in [7, 11) is 0. The van der Waals surface area contributed by atoms with E-state index in [-0.39, 0.29) is 5.92 Å². The van der Waals surface area contributed by atoms with Gasteiger partial charge in [-0.3, -0.25) is 0 Å². The maximum absolute atomic E-state index is 11.3. The molecule has 1 N–H and O–H groups in total. The van der Waals surface area contributed by atoms with Gasteiger partial charge in [0.05, 0.1) is 6.61 Å². The van der Waals surface area contributed by atoms with Crippen molar-refractivity contribution in [2.45, 2.75) is 12.3 Å². The third-order valence-corrected chi connectivity index (χ3v) is 4.98. The minimum Gasteiger partial charge on any atom is -0.493 e. The fourth-order valence-corrected chi connectivity index (χ4v) is 3.84. The lowest BCUT2D eigenvalue weighted by Gasteiger charge is -2.18. The minimum absolute atomic E-state index is 0.229. The van der Waals surface area contributed by atoms with E-state index in [1.165, 1.54) is 0 Å². The molecule has 1 saturated heterocycles. The Morgan fingerprint density at radius 3 is 2.70 bits per heavy atom. The highest BCUT2D eigenvalue weighted by Crippen LogP contribution is 2.45. The van der Waals surface area contributed by atoms with E-state index in [1.54, 1.807) is 4.90 Å². The third-order valence-electron chi connectivity index (χ3n) is 4.98. The molecule has 4 rings (SSSR count). The molecule has 0 bridgehead atoms. The molecule has 0 aliphatic carbocycles. The average molecular weight is 309 g/mol. The number of hydrogen-bond acceptors (Lipinski definition) is 2. The Balaban J connectivity index is 1.78. The number of ether oxygens (including phenoxy) is 1. The van der Waals surface area contributed by atoms with Gasteiger partial charge in [0.15, 0.2) is 0 Å². The van der Waals surface area contributed by atoms with Crippen LogP contribution < -0.4 is 4.74 Å². The Bertz CT molecular complexity index is 729. The van der Waals surface area contributed by atoms with Crippen LogP contribution in [0, 0.1) is 5.92 Å². The van der Waals surface area contributed by atoms with Gasteiger partial charge in [0.25, 0.3) is 0 Å². The Hall–Kier alpha value is -2.49. The number of likely N-dealkylation sites (tertiary alicyclic amines) is 1. The van der Waals surface area contributed by atoms with Crippen LogP contribution in [0.3, 0.4) is 0 Å². The van der Waals surface area contributed by atoms with Gasteiger partial charge < -0.3 is 14.7 Å². The predicted octanol–water partition coefficient (Wildman–Crippen LogP) is 3.83. The van der Waals surface area contributed by atoms with Crippen LogP contribution >= 0.6 is 0 Å². The van der Waals surface area contributed by atoms with E-state index >= 15 is 0 Å². The Morgan fingerprint density at radius 2 is 1.91 bits per heavy atom. The SMILES string of the molecule is O=C(O)N1C[C@H]2CCOc3c(-c4ccccc4)cccc3[C@@H]2C1. The van der Waals surface area contributed by atoms with Crippen molar-refractivity contribution in [1.82, 2.24) is 4.90 Å². The quantitative estimate of drug-likeness (QED) is 0.871. The van der Waals surface area contributed by atoms with Crippen molar-refractivity contribution in [2.24, 2.45) is 5.92 Å². The fourth-order valence-electron chi connectivity index (χ4n) is 3.84. The molecule has 2 aromatic rings. The highest BCUT2D eigenvalue weighted by atomic mass is 16.5. The molecular weight excluding hydrogens is 290 g/mol. The molecule has 2 atom stereocenters. The van der Waals surface area contributed by atoms with Crippen LogP contribution in [0.2, 0.25) is 0 Å². The first-order chi connectivity index (χ1) is 11.2. The molecule has 2 aliphatic heterocycles. The number of rotatable bonds is 1. The molecule has 0 radical (unpaired) electrons. The first-order valence-electron chi connectivity index (χ1n) is 8.03. The zero-order valence-electron chi connectivity index (χ0n) is 12.8. The molecule has 0 saturated carbocycles. The van der Waals surface area contributed by atoms with Crippen LogP contribution in [-0.2, 0) is 0 Å². The van der Waals surface area contributed by atoms with E-state index in [2.05, 4.69) is 30.3 Å². The van der Waals surface area contributed by atoms with Gasteiger partial charge in [0.1, 0.15) is 5.75 Å². The van der Waals surface area contributed by atoms with Crippen molar-refractivity contribution in [1.29, 1.82) is 0 Å². The monoisotopic (exact) mass is 309 g/mol. The molecule has 4 heteroatoms. The molecule has 23 heavy (non-hydrogen) atoms. The molecule has 4 nitrogen and oxygen atoms in total. The highest BCUT2D eigenvalue weighted by molar-refractivity contribution is 5.73.